The largest absolute Gasteiger partial charge is 0.378 e. The molecule has 2 nitrogen and oxygen atoms in total. The Morgan fingerprint density at radius 1 is 0.630 bits per heavy atom. The Bertz CT molecular complexity index is 730. The lowest BCUT2D eigenvalue weighted by Gasteiger charge is -2.24. The number of rotatable bonds is 4. The summed E-state index contributed by atoms with van der Waals surface area (Å²) >= 11 is 1.17. The first-order chi connectivity index (χ1) is 12.3. The Morgan fingerprint density at radius 3 is 1.26 bits per heavy atom. The van der Waals surface area contributed by atoms with Gasteiger partial charge in [0.25, 0.3) is 0 Å². The summed E-state index contributed by atoms with van der Waals surface area (Å²) < 4.78 is 0. The number of aliphatic hydroxyl groups excluding tert-OH is 2. The van der Waals surface area contributed by atoms with Gasteiger partial charge >= 0.3 is 0 Å². The van der Waals surface area contributed by atoms with Crippen LogP contribution >= 0.6 is 11.8 Å². The van der Waals surface area contributed by atoms with Gasteiger partial charge < -0.3 is 10.2 Å². The van der Waals surface area contributed by atoms with Crippen molar-refractivity contribution in [1.29, 1.82) is 0 Å². The van der Waals surface area contributed by atoms with E-state index in [0.29, 0.717) is 0 Å². The lowest BCUT2D eigenvalue weighted by molar-refractivity contribution is 0.240. The van der Waals surface area contributed by atoms with Gasteiger partial charge in [-0.15, -0.1) is 0 Å². The fourth-order valence-electron chi connectivity index (χ4n) is 3.06. The van der Waals surface area contributed by atoms with Gasteiger partial charge in [0.1, 0.15) is 10.9 Å². The summed E-state index contributed by atoms with van der Waals surface area (Å²) in [6.07, 6.45) is 0. The second-order valence-electron chi connectivity index (χ2n) is 9.61. The summed E-state index contributed by atoms with van der Waals surface area (Å²) in [5.74, 6) is 0. The van der Waals surface area contributed by atoms with Crippen LogP contribution < -0.4 is 0 Å². The smallest absolute Gasteiger partial charge is 0.127 e. The highest BCUT2D eigenvalue weighted by Gasteiger charge is 2.22. The molecule has 0 aromatic heterocycles. The van der Waals surface area contributed by atoms with Crippen molar-refractivity contribution in [2.75, 3.05) is 0 Å². The van der Waals surface area contributed by atoms with E-state index in [9.17, 15) is 10.2 Å². The summed E-state index contributed by atoms with van der Waals surface area (Å²) in [5.41, 5.74) is 4.78. The van der Waals surface area contributed by atoms with Gasteiger partial charge in [-0.2, -0.15) is 0 Å². The molecule has 2 aromatic carbocycles. The zero-order valence-electron chi connectivity index (χ0n) is 17.9. The molecule has 0 spiro atoms. The molecule has 0 aliphatic rings. The van der Waals surface area contributed by atoms with Crippen LogP contribution in [0.5, 0.6) is 0 Å². The quantitative estimate of drug-likeness (QED) is 0.605. The predicted octanol–water partition coefficient (Wildman–Crippen LogP) is 6.31. The number of hydrogen-bond acceptors (Lipinski definition) is 3. The van der Waals surface area contributed by atoms with Gasteiger partial charge in [-0.1, -0.05) is 101 Å². The van der Waals surface area contributed by atoms with Crippen molar-refractivity contribution in [3.8, 4) is 0 Å². The zero-order chi connectivity index (χ0) is 20.6. The van der Waals surface area contributed by atoms with E-state index in [1.807, 2.05) is 38.1 Å². The molecule has 148 valence electrons. The van der Waals surface area contributed by atoms with E-state index in [2.05, 4.69) is 53.7 Å². The Hall–Kier alpha value is -1.29. The zero-order valence-corrected chi connectivity index (χ0v) is 18.7. The summed E-state index contributed by atoms with van der Waals surface area (Å²) in [6, 6.07) is 12.4. The van der Waals surface area contributed by atoms with Gasteiger partial charge in [0, 0.05) is 0 Å². The fraction of sp³-hybridized carbons (Fsp3) is 0.500. The van der Waals surface area contributed by atoms with Crippen LogP contribution in [0.1, 0.15) is 85.8 Å². The number of hydrogen-bond donors (Lipinski definition) is 2. The van der Waals surface area contributed by atoms with Crippen molar-refractivity contribution < 1.29 is 10.2 Å². The van der Waals surface area contributed by atoms with Crippen LogP contribution in [0.25, 0.3) is 0 Å². The average molecular weight is 387 g/mol. The maximum atomic E-state index is 10.8. The fourth-order valence-corrected chi connectivity index (χ4v) is 3.89. The predicted molar refractivity (Wildman–Crippen MR) is 117 cm³/mol. The lowest BCUT2D eigenvalue weighted by Crippen LogP contribution is -2.13. The van der Waals surface area contributed by atoms with Gasteiger partial charge in [-0.25, -0.2) is 0 Å². The van der Waals surface area contributed by atoms with Gasteiger partial charge in [0.2, 0.25) is 0 Å². The monoisotopic (exact) mass is 386 g/mol. The third-order valence-electron chi connectivity index (χ3n) is 4.76. The van der Waals surface area contributed by atoms with Crippen LogP contribution in [0.15, 0.2) is 36.4 Å². The molecule has 27 heavy (non-hydrogen) atoms. The van der Waals surface area contributed by atoms with Crippen LogP contribution in [0.2, 0.25) is 0 Å². The average Bonchev–Trinajstić information content (AvgIpc) is 2.51. The molecule has 3 heteroatoms. The van der Waals surface area contributed by atoms with Gasteiger partial charge in [-0.3, -0.25) is 0 Å². The molecule has 0 saturated heterocycles. The second-order valence-corrected chi connectivity index (χ2v) is 10.8. The first-order valence-electron chi connectivity index (χ1n) is 9.53. The Balaban J connectivity index is 2.27. The maximum absolute atomic E-state index is 10.8. The highest BCUT2D eigenvalue weighted by Crippen LogP contribution is 2.40. The van der Waals surface area contributed by atoms with E-state index >= 15 is 0 Å². The number of aryl methyl sites for hydroxylation is 2. The van der Waals surface area contributed by atoms with E-state index in [0.717, 1.165) is 22.3 Å². The highest BCUT2D eigenvalue weighted by molar-refractivity contribution is 7.99. The van der Waals surface area contributed by atoms with Crippen molar-refractivity contribution in [3.05, 3.63) is 69.8 Å². The van der Waals surface area contributed by atoms with Crippen molar-refractivity contribution in [3.63, 3.8) is 0 Å². The van der Waals surface area contributed by atoms with Gasteiger partial charge in [0.05, 0.1) is 0 Å². The third kappa shape index (κ3) is 5.84. The lowest BCUT2D eigenvalue weighted by atomic mass is 9.85. The molecule has 0 aliphatic carbocycles. The molecule has 2 rings (SSSR count). The molecule has 0 fully saturated rings. The van der Waals surface area contributed by atoms with Gasteiger partial charge in [0.15, 0.2) is 0 Å². The number of benzene rings is 2. The summed E-state index contributed by atoms with van der Waals surface area (Å²) in [6.45, 7) is 17.1. The molecular formula is C24H34O2S. The number of thioether (sulfide) groups is 1. The molecule has 0 amide bonds. The van der Waals surface area contributed by atoms with Crippen molar-refractivity contribution in [1.82, 2.24) is 0 Å². The van der Waals surface area contributed by atoms with Crippen molar-refractivity contribution >= 4 is 11.8 Å². The molecule has 2 N–H and O–H groups in total. The number of aliphatic hydroxyl groups is 2. The van der Waals surface area contributed by atoms with Crippen LogP contribution in [-0.2, 0) is 10.8 Å². The first-order valence-corrected chi connectivity index (χ1v) is 10.5. The molecule has 0 aliphatic heterocycles. The second kappa shape index (κ2) is 7.98. The summed E-state index contributed by atoms with van der Waals surface area (Å²) in [7, 11) is 0. The molecular weight excluding hydrogens is 352 g/mol. The van der Waals surface area contributed by atoms with E-state index < -0.39 is 10.9 Å². The highest BCUT2D eigenvalue weighted by atomic mass is 32.2. The van der Waals surface area contributed by atoms with Gasteiger partial charge in [-0.05, 0) is 46.9 Å². The van der Waals surface area contributed by atoms with Crippen LogP contribution in [-0.4, -0.2) is 10.2 Å². The molecule has 0 saturated carbocycles. The minimum absolute atomic E-state index is 0.0158. The van der Waals surface area contributed by atoms with Crippen LogP contribution in [0, 0.1) is 13.8 Å². The Labute approximate surface area is 169 Å². The molecule has 2 aromatic rings. The molecule has 0 radical (unpaired) electrons. The normalized spacial score (nSPS) is 14.9. The minimum atomic E-state index is -0.778. The Kier molecular flexibility index (Phi) is 6.51. The maximum Gasteiger partial charge on any atom is 0.127 e. The van der Waals surface area contributed by atoms with E-state index in [4.69, 9.17) is 0 Å². The topological polar surface area (TPSA) is 40.5 Å². The Morgan fingerprint density at radius 2 is 0.963 bits per heavy atom. The van der Waals surface area contributed by atoms with Crippen LogP contribution in [0.4, 0.5) is 0 Å². The first kappa shape index (κ1) is 22.0. The standard InChI is InChI=1S/C24H34O2S/c1-15-9-17(13-19(11-15)23(3,4)5)21(25)27-22(26)18-10-16(2)12-20(14-18)24(6,7)8/h9-14,21-22,25-26H,1-8H3. The minimum Gasteiger partial charge on any atom is -0.378 e. The van der Waals surface area contributed by atoms with Crippen molar-refractivity contribution in [2.45, 2.75) is 77.1 Å². The molecule has 0 bridgehead atoms. The molecule has 0 heterocycles. The van der Waals surface area contributed by atoms with Crippen LogP contribution in [0.3, 0.4) is 0 Å². The summed E-state index contributed by atoms with van der Waals surface area (Å²) in [4.78, 5) is 0. The van der Waals surface area contributed by atoms with E-state index in [1.165, 1.54) is 22.9 Å². The molecule has 2 atom stereocenters. The van der Waals surface area contributed by atoms with E-state index in [1.54, 1.807) is 0 Å². The summed E-state index contributed by atoms with van der Waals surface area (Å²) in [5, 5.41) is 21.5. The molecule has 2 unspecified atom stereocenters. The SMILES string of the molecule is Cc1cc(C(O)SC(O)c2cc(C)cc(C(C)(C)C)c2)cc(C(C)(C)C)c1. The van der Waals surface area contributed by atoms with Crippen molar-refractivity contribution in [2.24, 2.45) is 0 Å². The third-order valence-corrected chi connectivity index (χ3v) is 5.82. The van der Waals surface area contributed by atoms with E-state index in [-0.39, 0.29) is 10.8 Å².